The summed E-state index contributed by atoms with van der Waals surface area (Å²) in [6.07, 6.45) is 5.68. The van der Waals surface area contributed by atoms with Gasteiger partial charge in [0.25, 0.3) is 0 Å². The van der Waals surface area contributed by atoms with Crippen LogP contribution in [0.15, 0.2) is 36.8 Å². The van der Waals surface area contributed by atoms with E-state index in [1.807, 2.05) is 13.8 Å². The maximum atomic E-state index is 15.1. The second-order valence-corrected chi connectivity index (χ2v) is 11.8. The molecule has 36 heavy (non-hydrogen) atoms. The summed E-state index contributed by atoms with van der Waals surface area (Å²) in [5.41, 5.74) is 1.38. The molecule has 1 saturated carbocycles. The van der Waals surface area contributed by atoms with Crippen molar-refractivity contribution in [1.29, 1.82) is 0 Å². The summed E-state index contributed by atoms with van der Waals surface area (Å²) in [6, 6.07) is 4.59. The Morgan fingerprint density at radius 2 is 1.94 bits per heavy atom. The van der Waals surface area contributed by atoms with Crippen molar-refractivity contribution in [2.45, 2.75) is 63.4 Å². The number of benzene rings is 1. The third-order valence-corrected chi connectivity index (χ3v) is 8.48. The van der Waals surface area contributed by atoms with Gasteiger partial charge in [-0.1, -0.05) is 6.07 Å². The number of sulfone groups is 1. The van der Waals surface area contributed by atoms with Gasteiger partial charge < -0.3 is 4.74 Å². The molecule has 190 valence electrons. The lowest BCUT2D eigenvalue weighted by Gasteiger charge is -2.23. The van der Waals surface area contributed by atoms with E-state index in [1.54, 1.807) is 26.0 Å². The Labute approximate surface area is 210 Å². The van der Waals surface area contributed by atoms with Crippen LogP contribution in [0.25, 0.3) is 11.3 Å². The predicted octanol–water partition coefficient (Wildman–Crippen LogP) is 3.95. The molecule has 10 heteroatoms. The lowest BCUT2D eigenvalue weighted by Crippen LogP contribution is -2.32. The van der Waals surface area contributed by atoms with E-state index in [-0.39, 0.29) is 34.6 Å². The highest BCUT2D eigenvalue weighted by atomic mass is 32.2. The topological polar surface area (TPSA) is 112 Å². The maximum Gasteiger partial charge on any atom is 0.232 e. The molecule has 0 saturated heterocycles. The first-order valence-electron chi connectivity index (χ1n) is 11.8. The molecule has 8 nitrogen and oxygen atoms in total. The molecule has 0 aliphatic heterocycles. The van der Waals surface area contributed by atoms with Crippen molar-refractivity contribution in [1.82, 2.24) is 19.9 Å². The molecule has 1 aromatic carbocycles. The van der Waals surface area contributed by atoms with Crippen LogP contribution in [0.1, 0.15) is 56.3 Å². The molecular weight excluding hydrogens is 483 g/mol. The summed E-state index contributed by atoms with van der Waals surface area (Å²) < 4.78 is 45.2. The normalized spacial score (nSPS) is 14.0. The summed E-state index contributed by atoms with van der Waals surface area (Å²) >= 11 is 0. The molecule has 1 fully saturated rings. The number of aromatic nitrogens is 4. The van der Waals surface area contributed by atoms with E-state index >= 15 is 4.39 Å². The Kier molecular flexibility index (Phi) is 7.17. The third-order valence-electron chi connectivity index (χ3n) is 6.33. The van der Waals surface area contributed by atoms with Crippen LogP contribution in [0.5, 0.6) is 5.88 Å². The lowest BCUT2D eigenvalue weighted by atomic mass is 9.81. The largest absolute Gasteiger partial charge is 0.477 e. The maximum absolute atomic E-state index is 15.1. The van der Waals surface area contributed by atoms with Gasteiger partial charge in [0.1, 0.15) is 23.2 Å². The number of rotatable bonds is 10. The molecule has 0 amide bonds. The van der Waals surface area contributed by atoms with Gasteiger partial charge in [0.15, 0.2) is 9.84 Å². The van der Waals surface area contributed by atoms with E-state index in [0.717, 1.165) is 5.56 Å². The third kappa shape index (κ3) is 5.59. The van der Waals surface area contributed by atoms with Crippen LogP contribution in [0.3, 0.4) is 0 Å². The number of ether oxygens (including phenoxy) is 1. The Morgan fingerprint density at radius 3 is 2.64 bits per heavy atom. The number of ketones is 1. The molecule has 2 aromatic heterocycles. The van der Waals surface area contributed by atoms with E-state index in [4.69, 9.17) is 4.74 Å². The quantitative estimate of drug-likeness (QED) is 0.401. The van der Waals surface area contributed by atoms with Crippen LogP contribution < -0.4 is 4.74 Å². The summed E-state index contributed by atoms with van der Waals surface area (Å²) in [5, 5.41) is -0.318. The molecule has 0 spiro atoms. The van der Waals surface area contributed by atoms with E-state index in [1.165, 1.54) is 24.7 Å². The van der Waals surface area contributed by atoms with Crippen molar-refractivity contribution in [3.63, 3.8) is 0 Å². The molecule has 3 aromatic rings. The molecule has 0 N–H and O–H groups in total. The highest BCUT2D eigenvalue weighted by Crippen LogP contribution is 2.31. The first kappa shape index (κ1) is 25.8. The fourth-order valence-corrected chi connectivity index (χ4v) is 5.52. The molecule has 0 atom stereocenters. The Balaban J connectivity index is 1.55. The SMILES string of the molecule is CCOc1cncc(-c2cc(F)c(CC(=O)C(C)(C)c3ccnc(CS(=O)(=O)C4CC4)n3)cc2C)n1. The highest BCUT2D eigenvalue weighted by Gasteiger charge is 2.37. The molecule has 1 aliphatic carbocycles. The Morgan fingerprint density at radius 1 is 1.19 bits per heavy atom. The van der Waals surface area contributed by atoms with Crippen LogP contribution in [0.4, 0.5) is 4.39 Å². The Bertz CT molecular complexity index is 1400. The first-order chi connectivity index (χ1) is 17.0. The molecule has 0 bridgehead atoms. The minimum absolute atomic E-state index is 0.148. The van der Waals surface area contributed by atoms with Crippen molar-refractivity contribution < 1.29 is 22.3 Å². The number of hydrogen-bond donors (Lipinski definition) is 0. The monoisotopic (exact) mass is 512 g/mol. The number of carbonyl (C=O) groups is 1. The molecule has 0 radical (unpaired) electrons. The van der Waals surface area contributed by atoms with Gasteiger partial charge in [0.05, 0.1) is 41.1 Å². The zero-order valence-electron chi connectivity index (χ0n) is 20.8. The first-order valence-corrected chi connectivity index (χ1v) is 13.5. The zero-order chi connectivity index (χ0) is 26.1. The van der Waals surface area contributed by atoms with Crippen LogP contribution in [-0.2, 0) is 32.2 Å². The summed E-state index contributed by atoms with van der Waals surface area (Å²) in [5.74, 6) is -0.506. The van der Waals surface area contributed by atoms with Crippen molar-refractivity contribution >= 4 is 15.6 Å². The van der Waals surface area contributed by atoms with Gasteiger partial charge in [-0.2, -0.15) is 0 Å². The molecule has 4 rings (SSSR count). The fraction of sp³-hybridized carbons (Fsp3) is 0.423. The summed E-state index contributed by atoms with van der Waals surface area (Å²) in [7, 11) is -3.29. The molecule has 0 unspecified atom stereocenters. The minimum Gasteiger partial charge on any atom is -0.477 e. The summed E-state index contributed by atoms with van der Waals surface area (Å²) in [4.78, 5) is 30.3. The smallest absolute Gasteiger partial charge is 0.232 e. The number of nitrogens with zero attached hydrogens (tertiary/aromatic N) is 4. The van der Waals surface area contributed by atoms with E-state index in [9.17, 15) is 13.2 Å². The standard InChI is InChI=1S/C26H29FN4O4S/c1-5-35-25-14-28-13-21(30-25)19-12-20(27)17(10-16(19)2)11-23(32)26(3,4)22-8-9-29-24(31-22)15-36(33,34)18-6-7-18/h8-10,12-14,18H,5-7,11,15H2,1-4H3. The van der Waals surface area contributed by atoms with E-state index in [2.05, 4.69) is 19.9 Å². The number of carbonyl (C=O) groups excluding carboxylic acids is 1. The minimum atomic E-state index is -3.29. The Hall–Kier alpha value is -3.27. The molecule has 2 heterocycles. The lowest BCUT2D eigenvalue weighted by molar-refractivity contribution is -0.123. The number of aryl methyl sites for hydroxylation is 1. The van der Waals surface area contributed by atoms with Crippen LogP contribution in [0, 0.1) is 12.7 Å². The second kappa shape index (κ2) is 10.0. The van der Waals surface area contributed by atoms with E-state index in [0.29, 0.717) is 42.3 Å². The van der Waals surface area contributed by atoms with E-state index < -0.39 is 21.1 Å². The zero-order valence-corrected chi connectivity index (χ0v) is 21.6. The van der Waals surface area contributed by atoms with Crippen molar-refractivity contribution in [3.05, 3.63) is 65.3 Å². The van der Waals surface area contributed by atoms with Gasteiger partial charge in [-0.3, -0.25) is 9.78 Å². The van der Waals surface area contributed by atoms with Gasteiger partial charge in [-0.05, 0) is 63.8 Å². The van der Waals surface area contributed by atoms with Crippen molar-refractivity contribution in [2.24, 2.45) is 0 Å². The fourth-order valence-electron chi connectivity index (χ4n) is 3.93. The highest BCUT2D eigenvalue weighted by molar-refractivity contribution is 7.91. The van der Waals surface area contributed by atoms with Crippen molar-refractivity contribution in [3.8, 4) is 17.1 Å². The van der Waals surface area contributed by atoms with Crippen LogP contribution >= 0.6 is 0 Å². The van der Waals surface area contributed by atoms with Gasteiger partial charge in [-0.15, -0.1) is 0 Å². The van der Waals surface area contributed by atoms with Crippen LogP contribution in [-0.4, -0.2) is 46.0 Å². The summed E-state index contributed by atoms with van der Waals surface area (Å²) in [6.45, 7) is 7.49. The number of Topliss-reactive ketones (excluding diaryl/α,β-unsaturated/α-hetero) is 1. The van der Waals surface area contributed by atoms with Gasteiger partial charge in [-0.25, -0.2) is 27.8 Å². The number of halogens is 1. The average molecular weight is 513 g/mol. The predicted molar refractivity (Wildman–Crippen MR) is 133 cm³/mol. The van der Waals surface area contributed by atoms with Gasteiger partial charge in [0, 0.05) is 18.2 Å². The van der Waals surface area contributed by atoms with Gasteiger partial charge >= 0.3 is 0 Å². The van der Waals surface area contributed by atoms with Gasteiger partial charge in [0.2, 0.25) is 5.88 Å². The van der Waals surface area contributed by atoms with Crippen LogP contribution in [0.2, 0.25) is 0 Å². The average Bonchev–Trinajstić information content (AvgIpc) is 3.68. The van der Waals surface area contributed by atoms with Crippen molar-refractivity contribution in [2.75, 3.05) is 6.61 Å². The second-order valence-electron chi connectivity index (χ2n) is 9.52. The molecular formula is C26H29FN4O4S. The number of hydrogen-bond acceptors (Lipinski definition) is 8. The molecule has 1 aliphatic rings.